The van der Waals surface area contributed by atoms with Crippen molar-refractivity contribution in [2.45, 2.75) is 56.8 Å². The summed E-state index contributed by atoms with van der Waals surface area (Å²) in [5.74, 6) is 1.44. The fourth-order valence-corrected chi connectivity index (χ4v) is 4.48. The summed E-state index contributed by atoms with van der Waals surface area (Å²) in [7, 11) is 1.71. The standard InChI is InChI=1S/C23H30N4O3/c1-29-15-11-23(22-25-21(30-26-22)19-8-5-12-24-17-19)9-13-27(14-10-23)20(28)16-18-6-3-2-4-7-18/h5-6,8,12,17H,2-4,7,9-11,13-16H2,1H3. The number of methoxy groups -OCH3 is 1. The summed E-state index contributed by atoms with van der Waals surface area (Å²) in [5.41, 5.74) is 1.88. The van der Waals surface area contributed by atoms with Crippen LogP contribution in [0.25, 0.3) is 11.5 Å². The SMILES string of the molecule is COCCC1(c2noc(-c3cccnc3)n2)CCN(C(=O)CC2=CCCCC2)CC1. The fraction of sp³-hybridized carbons (Fsp3) is 0.565. The number of aromatic nitrogens is 3. The molecule has 1 saturated heterocycles. The van der Waals surface area contributed by atoms with Crippen molar-refractivity contribution in [3.63, 3.8) is 0 Å². The number of piperidine rings is 1. The molecule has 7 nitrogen and oxygen atoms in total. The number of hydrogen-bond acceptors (Lipinski definition) is 6. The highest BCUT2D eigenvalue weighted by Gasteiger charge is 2.41. The van der Waals surface area contributed by atoms with E-state index in [1.54, 1.807) is 19.5 Å². The van der Waals surface area contributed by atoms with Crippen LogP contribution in [0.4, 0.5) is 0 Å². The average molecular weight is 411 g/mol. The van der Waals surface area contributed by atoms with E-state index in [1.165, 1.54) is 18.4 Å². The Morgan fingerprint density at radius 2 is 2.17 bits per heavy atom. The molecule has 30 heavy (non-hydrogen) atoms. The molecule has 0 atom stereocenters. The zero-order valence-corrected chi connectivity index (χ0v) is 17.7. The highest BCUT2D eigenvalue weighted by molar-refractivity contribution is 5.78. The molecular formula is C23H30N4O3. The van der Waals surface area contributed by atoms with Crippen molar-refractivity contribution in [2.24, 2.45) is 0 Å². The minimum Gasteiger partial charge on any atom is -0.385 e. The second kappa shape index (κ2) is 9.51. The van der Waals surface area contributed by atoms with Crippen LogP contribution in [0.1, 0.15) is 57.2 Å². The van der Waals surface area contributed by atoms with E-state index in [4.69, 9.17) is 14.2 Å². The van der Waals surface area contributed by atoms with Gasteiger partial charge in [0.1, 0.15) is 0 Å². The third-order valence-corrected chi connectivity index (χ3v) is 6.43. The third-order valence-electron chi connectivity index (χ3n) is 6.43. The number of carbonyl (C=O) groups is 1. The van der Waals surface area contributed by atoms with Crippen molar-refractivity contribution in [1.82, 2.24) is 20.0 Å². The first kappa shape index (κ1) is 20.7. The van der Waals surface area contributed by atoms with E-state index in [2.05, 4.69) is 16.2 Å². The van der Waals surface area contributed by atoms with Crippen LogP contribution in [0.2, 0.25) is 0 Å². The summed E-state index contributed by atoms with van der Waals surface area (Å²) in [5, 5.41) is 4.32. The second-order valence-corrected chi connectivity index (χ2v) is 8.35. The van der Waals surface area contributed by atoms with E-state index in [9.17, 15) is 4.79 Å². The highest BCUT2D eigenvalue weighted by Crippen LogP contribution is 2.38. The van der Waals surface area contributed by atoms with Gasteiger partial charge in [-0.05, 0) is 57.1 Å². The maximum atomic E-state index is 12.8. The summed E-state index contributed by atoms with van der Waals surface area (Å²) in [6, 6.07) is 3.76. The fourth-order valence-electron chi connectivity index (χ4n) is 4.48. The molecule has 1 aliphatic carbocycles. The van der Waals surface area contributed by atoms with Crippen LogP contribution < -0.4 is 0 Å². The molecule has 3 heterocycles. The molecular weight excluding hydrogens is 380 g/mol. The highest BCUT2D eigenvalue weighted by atomic mass is 16.5. The van der Waals surface area contributed by atoms with Gasteiger partial charge >= 0.3 is 0 Å². The predicted molar refractivity (Wildman–Crippen MR) is 113 cm³/mol. The lowest BCUT2D eigenvalue weighted by molar-refractivity contribution is -0.132. The molecule has 1 fully saturated rings. The number of ether oxygens (including phenoxy) is 1. The van der Waals surface area contributed by atoms with Crippen molar-refractivity contribution in [3.05, 3.63) is 42.0 Å². The number of amides is 1. The lowest BCUT2D eigenvalue weighted by atomic mass is 9.75. The van der Waals surface area contributed by atoms with E-state index in [-0.39, 0.29) is 11.3 Å². The lowest BCUT2D eigenvalue weighted by Gasteiger charge is -2.40. The van der Waals surface area contributed by atoms with Crippen molar-refractivity contribution in [2.75, 3.05) is 26.8 Å². The quantitative estimate of drug-likeness (QED) is 0.644. The summed E-state index contributed by atoms with van der Waals surface area (Å²) in [4.78, 5) is 23.7. The number of likely N-dealkylation sites (tertiary alicyclic amines) is 1. The van der Waals surface area contributed by atoms with Crippen LogP contribution in [-0.2, 0) is 14.9 Å². The van der Waals surface area contributed by atoms with Crippen LogP contribution in [0.5, 0.6) is 0 Å². The number of carbonyl (C=O) groups excluding carboxylic acids is 1. The van der Waals surface area contributed by atoms with Crippen LogP contribution >= 0.6 is 0 Å². The van der Waals surface area contributed by atoms with Crippen molar-refractivity contribution >= 4 is 5.91 Å². The molecule has 0 saturated carbocycles. The summed E-state index contributed by atoms with van der Waals surface area (Å²) in [6.07, 6.45) is 13.3. The average Bonchev–Trinajstić information content (AvgIpc) is 3.30. The minimum atomic E-state index is -0.235. The number of allylic oxidation sites excluding steroid dienone is 1. The van der Waals surface area contributed by atoms with E-state index in [0.717, 1.165) is 37.7 Å². The monoisotopic (exact) mass is 410 g/mol. The minimum absolute atomic E-state index is 0.235. The molecule has 0 bridgehead atoms. The Hall–Kier alpha value is -2.54. The van der Waals surface area contributed by atoms with Gasteiger partial charge in [0.25, 0.3) is 5.89 Å². The van der Waals surface area contributed by atoms with Gasteiger partial charge in [0.15, 0.2) is 5.82 Å². The molecule has 2 aromatic rings. The second-order valence-electron chi connectivity index (χ2n) is 8.35. The summed E-state index contributed by atoms with van der Waals surface area (Å²) >= 11 is 0. The van der Waals surface area contributed by atoms with Gasteiger partial charge in [0.05, 0.1) is 5.56 Å². The molecule has 1 amide bonds. The lowest BCUT2D eigenvalue weighted by Crippen LogP contribution is -2.46. The molecule has 0 unspecified atom stereocenters. The van der Waals surface area contributed by atoms with E-state index in [0.29, 0.717) is 37.8 Å². The van der Waals surface area contributed by atoms with Crippen LogP contribution in [-0.4, -0.2) is 52.7 Å². The van der Waals surface area contributed by atoms with Crippen LogP contribution in [0.15, 0.2) is 40.7 Å². The number of pyridine rings is 1. The van der Waals surface area contributed by atoms with Gasteiger partial charge in [0.2, 0.25) is 5.91 Å². The van der Waals surface area contributed by atoms with Crippen LogP contribution in [0.3, 0.4) is 0 Å². The Bertz CT molecular complexity index is 870. The molecule has 0 aromatic carbocycles. The molecule has 0 N–H and O–H groups in total. The maximum Gasteiger partial charge on any atom is 0.259 e. The number of nitrogens with zero attached hydrogens (tertiary/aromatic N) is 4. The predicted octanol–water partition coefficient (Wildman–Crippen LogP) is 3.92. The molecule has 4 rings (SSSR count). The van der Waals surface area contributed by atoms with Gasteiger partial charge in [-0.25, -0.2) is 0 Å². The summed E-state index contributed by atoms with van der Waals surface area (Å²) < 4.78 is 10.9. The zero-order valence-electron chi connectivity index (χ0n) is 17.7. The Kier molecular flexibility index (Phi) is 6.57. The van der Waals surface area contributed by atoms with E-state index < -0.39 is 0 Å². The van der Waals surface area contributed by atoms with Gasteiger partial charge in [0, 0.05) is 51.0 Å². The van der Waals surface area contributed by atoms with E-state index >= 15 is 0 Å². The van der Waals surface area contributed by atoms with Crippen molar-refractivity contribution < 1.29 is 14.1 Å². The van der Waals surface area contributed by atoms with Gasteiger partial charge in [-0.3, -0.25) is 9.78 Å². The van der Waals surface area contributed by atoms with Gasteiger partial charge in [-0.1, -0.05) is 16.8 Å². The number of rotatable bonds is 7. The zero-order chi connectivity index (χ0) is 20.8. The van der Waals surface area contributed by atoms with Crippen molar-refractivity contribution in [1.29, 1.82) is 0 Å². The van der Waals surface area contributed by atoms with Crippen molar-refractivity contribution in [3.8, 4) is 11.5 Å². The molecule has 160 valence electrons. The molecule has 0 radical (unpaired) electrons. The van der Waals surface area contributed by atoms with Gasteiger partial charge in [-0.15, -0.1) is 0 Å². The largest absolute Gasteiger partial charge is 0.385 e. The third kappa shape index (κ3) is 4.61. The normalized spacial score (nSPS) is 18.8. The molecule has 0 spiro atoms. The Morgan fingerprint density at radius 1 is 1.30 bits per heavy atom. The van der Waals surface area contributed by atoms with Gasteiger partial charge < -0.3 is 14.2 Å². The summed E-state index contributed by atoms with van der Waals surface area (Å²) in [6.45, 7) is 2.05. The Balaban J connectivity index is 1.45. The Labute approximate surface area is 177 Å². The van der Waals surface area contributed by atoms with E-state index in [1.807, 2.05) is 17.0 Å². The maximum absolute atomic E-state index is 12.8. The van der Waals surface area contributed by atoms with Crippen LogP contribution in [0, 0.1) is 0 Å². The molecule has 2 aromatic heterocycles. The first-order chi connectivity index (χ1) is 14.7. The Morgan fingerprint density at radius 3 is 2.87 bits per heavy atom. The molecule has 2 aliphatic rings. The first-order valence-electron chi connectivity index (χ1n) is 10.9. The number of hydrogen-bond donors (Lipinski definition) is 0. The molecule has 7 heteroatoms. The first-order valence-corrected chi connectivity index (χ1v) is 10.9. The smallest absolute Gasteiger partial charge is 0.259 e. The van der Waals surface area contributed by atoms with Gasteiger partial charge in [-0.2, -0.15) is 4.98 Å². The topological polar surface area (TPSA) is 81.3 Å². The molecule has 1 aliphatic heterocycles.